The van der Waals surface area contributed by atoms with Crippen LogP contribution >= 0.6 is 11.6 Å². The van der Waals surface area contributed by atoms with Crippen LogP contribution in [0.3, 0.4) is 0 Å². The monoisotopic (exact) mass is 299 g/mol. The molecule has 2 aromatic heterocycles. The Balaban J connectivity index is 2.75. The molecule has 0 atom stereocenters. The van der Waals surface area contributed by atoms with Gasteiger partial charge in [-0.1, -0.05) is 18.5 Å². The minimum Gasteiger partial charge on any atom is -0.330 e. The molecule has 19 heavy (non-hydrogen) atoms. The van der Waals surface area contributed by atoms with Gasteiger partial charge in [0.2, 0.25) is 0 Å². The van der Waals surface area contributed by atoms with Crippen LogP contribution in [-0.4, -0.2) is 28.7 Å². The van der Waals surface area contributed by atoms with Crippen molar-refractivity contribution in [3.8, 4) is 11.5 Å². The lowest BCUT2D eigenvalue weighted by atomic mass is 10.3. The van der Waals surface area contributed by atoms with Gasteiger partial charge in [-0.2, -0.15) is 0 Å². The zero-order chi connectivity index (χ0) is 14.2. The zero-order valence-electron chi connectivity index (χ0n) is 10.9. The standard InChI is InChI=1S/C12H14ClN3O2S/c1-4-19(17,18)10-5-9(13)7-14-11(10)12-15-6-8(2)16(12)3/h5-7H,4H2,1-3H3. The number of aryl methyl sites for hydroxylation is 1. The highest BCUT2D eigenvalue weighted by molar-refractivity contribution is 7.91. The average molecular weight is 300 g/mol. The fraction of sp³-hybridized carbons (Fsp3) is 0.333. The normalized spacial score (nSPS) is 11.8. The maximum atomic E-state index is 12.1. The second-order valence-corrected chi connectivity index (χ2v) is 6.87. The molecule has 102 valence electrons. The first kappa shape index (κ1) is 14.0. The Morgan fingerprint density at radius 1 is 1.32 bits per heavy atom. The van der Waals surface area contributed by atoms with Crippen molar-refractivity contribution in [3.63, 3.8) is 0 Å². The van der Waals surface area contributed by atoms with Crippen LogP contribution in [0.2, 0.25) is 5.02 Å². The fourth-order valence-corrected chi connectivity index (χ4v) is 2.97. The van der Waals surface area contributed by atoms with E-state index >= 15 is 0 Å². The van der Waals surface area contributed by atoms with Crippen molar-refractivity contribution in [2.24, 2.45) is 7.05 Å². The number of halogens is 1. The highest BCUT2D eigenvalue weighted by atomic mass is 35.5. The quantitative estimate of drug-likeness (QED) is 0.872. The minimum atomic E-state index is -3.41. The summed E-state index contributed by atoms with van der Waals surface area (Å²) in [5.74, 6) is 0.506. The van der Waals surface area contributed by atoms with E-state index in [4.69, 9.17) is 11.6 Å². The molecule has 7 heteroatoms. The largest absolute Gasteiger partial charge is 0.330 e. The van der Waals surface area contributed by atoms with Crippen LogP contribution in [0.25, 0.3) is 11.5 Å². The highest BCUT2D eigenvalue weighted by Crippen LogP contribution is 2.27. The molecule has 0 bridgehead atoms. The number of rotatable bonds is 3. The Bertz CT molecular complexity index is 723. The molecular formula is C12H14ClN3O2S. The fourth-order valence-electron chi connectivity index (χ4n) is 1.70. The summed E-state index contributed by atoms with van der Waals surface area (Å²) in [4.78, 5) is 8.48. The van der Waals surface area contributed by atoms with Crippen LogP contribution in [0.5, 0.6) is 0 Å². The van der Waals surface area contributed by atoms with E-state index in [0.717, 1.165) is 5.69 Å². The third-order valence-electron chi connectivity index (χ3n) is 2.97. The summed E-state index contributed by atoms with van der Waals surface area (Å²) in [6, 6.07) is 1.42. The first-order valence-electron chi connectivity index (χ1n) is 5.73. The molecule has 0 saturated carbocycles. The molecule has 0 unspecified atom stereocenters. The van der Waals surface area contributed by atoms with Gasteiger partial charge in [-0.05, 0) is 13.0 Å². The lowest BCUT2D eigenvalue weighted by molar-refractivity contribution is 0.597. The van der Waals surface area contributed by atoms with Crippen molar-refractivity contribution in [3.05, 3.63) is 29.2 Å². The molecular weight excluding hydrogens is 286 g/mol. The Kier molecular flexibility index (Phi) is 3.64. The SMILES string of the molecule is CCS(=O)(=O)c1cc(Cl)cnc1-c1ncc(C)n1C. The second kappa shape index (κ2) is 4.94. The van der Waals surface area contributed by atoms with Crippen molar-refractivity contribution in [2.45, 2.75) is 18.7 Å². The molecule has 0 fully saturated rings. The third kappa shape index (κ3) is 2.50. The number of hydrogen-bond donors (Lipinski definition) is 0. The Morgan fingerprint density at radius 2 is 2.00 bits per heavy atom. The number of imidazole rings is 1. The minimum absolute atomic E-state index is 0.00850. The van der Waals surface area contributed by atoms with Gasteiger partial charge in [-0.25, -0.2) is 13.4 Å². The molecule has 5 nitrogen and oxygen atoms in total. The number of pyridine rings is 1. The lowest BCUT2D eigenvalue weighted by Crippen LogP contribution is -2.09. The van der Waals surface area contributed by atoms with E-state index in [-0.39, 0.29) is 10.6 Å². The molecule has 2 heterocycles. The van der Waals surface area contributed by atoms with Crippen LogP contribution in [0.1, 0.15) is 12.6 Å². The second-order valence-electron chi connectivity index (χ2n) is 4.19. The average Bonchev–Trinajstić information content (AvgIpc) is 2.70. The van der Waals surface area contributed by atoms with E-state index in [9.17, 15) is 8.42 Å². The number of nitrogens with zero attached hydrogens (tertiary/aromatic N) is 3. The van der Waals surface area contributed by atoms with Gasteiger partial charge in [-0.15, -0.1) is 0 Å². The lowest BCUT2D eigenvalue weighted by Gasteiger charge is -2.09. The van der Waals surface area contributed by atoms with Crippen molar-refractivity contribution >= 4 is 21.4 Å². The van der Waals surface area contributed by atoms with Gasteiger partial charge in [0.1, 0.15) is 5.69 Å². The molecule has 0 saturated heterocycles. The van der Waals surface area contributed by atoms with Crippen molar-refractivity contribution in [1.29, 1.82) is 0 Å². The summed E-state index contributed by atoms with van der Waals surface area (Å²) < 4.78 is 26.1. The number of aromatic nitrogens is 3. The number of sulfone groups is 1. The predicted octanol–water partition coefficient (Wildman–Crippen LogP) is 2.24. The van der Waals surface area contributed by atoms with Gasteiger partial charge in [0.25, 0.3) is 0 Å². The van der Waals surface area contributed by atoms with Crippen LogP contribution in [-0.2, 0) is 16.9 Å². The van der Waals surface area contributed by atoms with Gasteiger partial charge < -0.3 is 4.57 Å². The van der Waals surface area contributed by atoms with Crippen molar-refractivity contribution in [2.75, 3.05) is 5.75 Å². The Morgan fingerprint density at radius 3 is 2.53 bits per heavy atom. The molecule has 0 N–H and O–H groups in total. The number of hydrogen-bond acceptors (Lipinski definition) is 4. The van der Waals surface area contributed by atoms with Gasteiger partial charge >= 0.3 is 0 Å². The highest BCUT2D eigenvalue weighted by Gasteiger charge is 2.22. The van der Waals surface area contributed by atoms with Gasteiger partial charge in [0.05, 0.1) is 15.7 Å². The Hall–Kier alpha value is -1.40. The van der Waals surface area contributed by atoms with Crippen LogP contribution < -0.4 is 0 Å². The van der Waals surface area contributed by atoms with Crippen LogP contribution in [0, 0.1) is 6.92 Å². The van der Waals surface area contributed by atoms with Gasteiger partial charge in [-0.3, -0.25) is 4.98 Å². The summed E-state index contributed by atoms with van der Waals surface area (Å²) in [5.41, 5.74) is 1.26. The van der Waals surface area contributed by atoms with E-state index in [0.29, 0.717) is 16.5 Å². The van der Waals surface area contributed by atoms with Gasteiger partial charge in [0, 0.05) is 25.1 Å². The van der Waals surface area contributed by atoms with E-state index in [1.54, 1.807) is 17.7 Å². The van der Waals surface area contributed by atoms with Crippen LogP contribution in [0.15, 0.2) is 23.4 Å². The van der Waals surface area contributed by atoms with Crippen LogP contribution in [0.4, 0.5) is 0 Å². The van der Waals surface area contributed by atoms with Crippen molar-refractivity contribution in [1.82, 2.24) is 14.5 Å². The smallest absolute Gasteiger partial charge is 0.180 e. The summed E-state index contributed by atoms with van der Waals surface area (Å²) in [5, 5.41) is 0.293. The first-order valence-corrected chi connectivity index (χ1v) is 7.77. The summed E-state index contributed by atoms with van der Waals surface area (Å²) in [6.07, 6.45) is 3.10. The molecule has 0 aliphatic rings. The maximum Gasteiger partial charge on any atom is 0.180 e. The molecule has 0 radical (unpaired) electrons. The summed E-state index contributed by atoms with van der Waals surface area (Å²) >= 11 is 5.86. The molecule has 0 amide bonds. The van der Waals surface area contributed by atoms with E-state index in [1.807, 2.05) is 14.0 Å². The molecule has 0 aliphatic carbocycles. The summed E-state index contributed by atoms with van der Waals surface area (Å²) in [7, 11) is -1.59. The molecule has 0 aromatic carbocycles. The molecule has 0 spiro atoms. The maximum absolute atomic E-state index is 12.1. The molecule has 2 rings (SSSR count). The van der Waals surface area contributed by atoms with E-state index < -0.39 is 9.84 Å². The topological polar surface area (TPSA) is 64.8 Å². The van der Waals surface area contributed by atoms with E-state index in [1.165, 1.54) is 12.3 Å². The van der Waals surface area contributed by atoms with E-state index in [2.05, 4.69) is 9.97 Å². The van der Waals surface area contributed by atoms with Crippen molar-refractivity contribution < 1.29 is 8.42 Å². The predicted molar refractivity (Wildman–Crippen MR) is 73.9 cm³/mol. The Labute approximate surface area is 117 Å². The summed E-state index contributed by atoms with van der Waals surface area (Å²) in [6.45, 7) is 3.48. The molecule has 2 aromatic rings. The first-order chi connectivity index (χ1) is 8.86. The third-order valence-corrected chi connectivity index (χ3v) is 4.91. The zero-order valence-corrected chi connectivity index (χ0v) is 12.5. The van der Waals surface area contributed by atoms with Gasteiger partial charge in [0.15, 0.2) is 15.7 Å². The molecule has 0 aliphatic heterocycles.